The summed E-state index contributed by atoms with van der Waals surface area (Å²) >= 11 is 3.65. The van der Waals surface area contributed by atoms with E-state index in [1.807, 2.05) is 36.4 Å². The molecule has 1 amide bonds. The Morgan fingerprint density at radius 3 is 2.56 bits per heavy atom. The molecule has 27 heavy (non-hydrogen) atoms. The lowest BCUT2D eigenvalue weighted by Gasteiger charge is -2.27. The van der Waals surface area contributed by atoms with Gasteiger partial charge in [0.25, 0.3) is 0 Å². The fraction of sp³-hybridized carbons (Fsp3) is 0.381. The first-order valence-corrected chi connectivity index (χ1v) is 10.2. The van der Waals surface area contributed by atoms with Crippen molar-refractivity contribution in [3.63, 3.8) is 0 Å². The summed E-state index contributed by atoms with van der Waals surface area (Å²) < 4.78 is 5.48. The van der Waals surface area contributed by atoms with Crippen molar-refractivity contribution >= 4 is 33.5 Å². The van der Waals surface area contributed by atoms with Gasteiger partial charge in [-0.25, -0.2) is 0 Å². The monoisotopic (exact) mass is 426 g/mol. The second-order valence-electron chi connectivity index (χ2n) is 7.68. The van der Waals surface area contributed by atoms with Gasteiger partial charge in [0.05, 0.1) is 16.7 Å². The van der Waals surface area contributed by atoms with Gasteiger partial charge in [-0.3, -0.25) is 14.6 Å². The Morgan fingerprint density at radius 1 is 1.11 bits per heavy atom. The molecule has 3 aliphatic rings. The number of halogens is 1. The normalized spacial score (nSPS) is 33.1. The van der Waals surface area contributed by atoms with Gasteiger partial charge < -0.3 is 10.1 Å². The van der Waals surface area contributed by atoms with Crippen molar-refractivity contribution in [1.29, 1.82) is 0 Å². The molecule has 2 aliphatic carbocycles. The molecular formula is C21H19BrN2O3. The maximum absolute atomic E-state index is 12.9. The highest BCUT2D eigenvalue weighted by atomic mass is 79.9. The second kappa shape index (κ2) is 6.44. The first-order chi connectivity index (χ1) is 13.1. The van der Waals surface area contributed by atoms with Crippen LogP contribution in [-0.2, 0) is 20.7 Å². The van der Waals surface area contributed by atoms with Gasteiger partial charge in [0.15, 0.2) is 0 Å². The minimum atomic E-state index is -0.304. The molecule has 2 heterocycles. The number of fused-ring (bicyclic) bond motifs is 1. The van der Waals surface area contributed by atoms with Crippen LogP contribution in [0.4, 0.5) is 5.69 Å². The Labute approximate surface area is 165 Å². The van der Waals surface area contributed by atoms with Gasteiger partial charge in [0, 0.05) is 24.0 Å². The minimum absolute atomic E-state index is 0.0518. The number of alkyl halides is 1. The van der Waals surface area contributed by atoms with Gasteiger partial charge in [-0.15, -0.1) is 0 Å². The number of benzene rings is 1. The lowest BCUT2D eigenvalue weighted by Crippen LogP contribution is -2.40. The molecule has 1 saturated heterocycles. The van der Waals surface area contributed by atoms with E-state index in [1.165, 1.54) is 11.1 Å². The van der Waals surface area contributed by atoms with E-state index in [-0.39, 0.29) is 46.5 Å². The van der Waals surface area contributed by atoms with Gasteiger partial charge >= 0.3 is 5.97 Å². The van der Waals surface area contributed by atoms with E-state index in [0.29, 0.717) is 0 Å². The van der Waals surface area contributed by atoms with Crippen LogP contribution in [0.3, 0.4) is 0 Å². The third-order valence-corrected chi connectivity index (χ3v) is 7.40. The number of amides is 1. The van der Waals surface area contributed by atoms with Crippen LogP contribution in [-0.4, -0.2) is 27.8 Å². The molecule has 138 valence electrons. The third kappa shape index (κ3) is 2.78. The van der Waals surface area contributed by atoms with E-state index in [0.717, 1.165) is 18.5 Å². The SMILES string of the molecule is O=C(Nc1ccc(Cc2ccncc2)cc1)[C@@H]1[C@@H]2C[C@H]3[C@H](OC(=O)[C@@H]31)[C@@H]2Br. The van der Waals surface area contributed by atoms with Crippen molar-refractivity contribution in [3.8, 4) is 0 Å². The van der Waals surface area contributed by atoms with Crippen molar-refractivity contribution in [2.75, 3.05) is 5.32 Å². The average Bonchev–Trinajstić information content (AvgIpc) is 3.28. The molecule has 1 aliphatic heterocycles. The van der Waals surface area contributed by atoms with E-state index in [1.54, 1.807) is 12.4 Å². The highest BCUT2D eigenvalue weighted by Crippen LogP contribution is 2.60. The quantitative estimate of drug-likeness (QED) is 0.601. The molecule has 6 heteroatoms. The zero-order chi connectivity index (χ0) is 18.5. The molecule has 0 spiro atoms. The minimum Gasteiger partial charge on any atom is -0.461 e. The van der Waals surface area contributed by atoms with Crippen LogP contribution in [0.25, 0.3) is 0 Å². The molecule has 6 atom stereocenters. The number of esters is 1. The molecule has 3 fully saturated rings. The first-order valence-electron chi connectivity index (χ1n) is 9.25. The fourth-order valence-electron chi connectivity index (χ4n) is 5.00. The summed E-state index contributed by atoms with van der Waals surface area (Å²) in [4.78, 5) is 29.2. The number of pyridine rings is 1. The molecule has 1 aromatic carbocycles. The van der Waals surface area contributed by atoms with Crippen molar-refractivity contribution in [2.45, 2.75) is 23.8 Å². The van der Waals surface area contributed by atoms with Crippen LogP contribution in [0, 0.1) is 23.7 Å². The van der Waals surface area contributed by atoms with Gasteiger partial charge in [0.2, 0.25) is 5.91 Å². The highest BCUT2D eigenvalue weighted by Gasteiger charge is 2.67. The highest BCUT2D eigenvalue weighted by molar-refractivity contribution is 9.09. The summed E-state index contributed by atoms with van der Waals surface area (Å²) in [5.41, 5.74) is 3.12. The van der Waals surface area contributed by atoms with Crippen molar-refractivity contribution in [2.24, 2.45) is 23.7 Å². The van der Waals surface area contributed by atoms with E-state index in [4.69, 9.17) is 4.74 Å². The zero-order valence-corrected chi connectivity index (χ0v) is 16.1. The molecule has 2 saturated carbocycles. The van der Waals surface area contributed by atoms with Crippen molar-refractivity contribution in [3.05, 3.63) is 59.9 Å². The Kier molecular flexibility index (Phi) is 4.04. The van der Waals surface area contributed by atoms with Crippen molar-refractivity contribution < 1.29 is 14.3 Å². The number of hydrogen-bond donors (Lipinski definition) is 1. The Balaban J connectivity index is 1.28. The number of aromatic nitrogens is 1. The van der Waals surface area contributed by atoms with Gasteiger partial charge in [-0.05, 0) is 54.2 Å². The topological polar surface area (TPSA) is 68.3 Å². The second-order valence-corrected chi connectivity index (χ2v) is 8.74. The predicted molar refractivity (Wildman–Crippen MR) is 103 cm³/mol. The molecule has 5 rings (SSSR count). The summed E-state index contributed by atoms with van der Waals surface area (Å²) in [6.45, 7) is 0. The molecule has 1 N–H and O–H groups in total. The Morgan fingerprint density at radius 2 is 1.81 bits per heavy atom. The maximum Gasteiger partial charge on any atom is 0.310 e. The summed E-state index contributed by atoms with van der Waals surface area (Å²) in [5.74, 6) is -0.506. The standard InChI is InChI=1S/C21H19BrN2O3/c22-18-14-10-15-17(21(26)27-19(15)18)16(14)20(25)24-13-3-1-11(2-4-13)9-12-5-7-23-8-6-12/h1-8,14-19H,9-10H2,(H,24,25)/t14-,15+,16+,17-,18+,19-/m0/s1. The lowest BCUT2D eigenvalue weighted by atomic mass is 9.79. The maximum atomic E-state index is 12.9. The molecule has 0 unspecified atom stereocenters. The summed E-state index contributed by atoms with van der Waals surface area (Å²) in [7, 11) is 0. The third-order valence-electron chi connectivity index (χ3n) is 6.20. The number of rotatable bonds is 4. The summed E-state index contributed by atoms with van der Waals surface area (Å²) in [5, 5.41) is 3.01. The Hall–Kier alpha value is -2.21. The number of hydrogen-bond acceptors (Lipinski definition) is 4. The van der Waals surface area contributed by atoms with E-state index in [2.05, 4.69) is 26.2 Å². The van der Waals surface area contributed by atoms with Crippen LogP contribution in [0.2, 0.25) is 0 Å². The number of carbonyl (C=O) groups is 2. The van der Waals surface area contributed by atoms with Crippen LogP contribution >= 0.6 is 15.9 Å². The summed E-state index contributed by atoms with van der Waals surface area (Å²) in [6, 6.07) is 11.9. The predicted octanol–water partition coefficient (Wildman–Crippen LogP) is 3.18. The number of nitrogens with zero attached hydrogens (tertiary/aromatic N) is 1. The number of carbonyl (C=O) groups excluding carboxylic acids is 2. The van der Waals surface area contributed by atoms with E-state index >= 15 is 0 Å². The van der Waals surface area contributed by atoms with E-state index < -0.39 is 0 Å². The fourth-order valence-corrected chi connectivity index (χ4v) is 6.04. The molecule has 1 aromatic heterocycles. The molecule has 0 radical (unpaired) electrons. The van der Waals surface area contributed by atoms with Crippen LogP contribution in [0.15, 0.2) is 48.8 Å². The Bertz CT molecular complexity index is 886. The number of anilines is 1. The zero-order valence-electron chi connectivity index (χ0n) is 14.5. The molecular weight excluding hydrogens is 408 g/mol. The molecule has 5 nitrogen and oxygen atoms in total. The summed E-state index contributed by atoms with van der Waals surface area (Å²) in [6.07, 6.45) is 5.23. The largest absolute Gasteiger partial charge is 0.461 e. The number of ether oxygens (including phenoxy) is 1. The van der Waals surface area contributed by atoms with E-state index in [9.17, 15) is 9.59 Å². The van der Waals surface area contributed by atoms with Gasteiger partial charge in [0.1, 0.15) is 6.10 Å². The van der Waals surface area contributed by atoms with Gasteiger partial charge in [-0.2, -0.15) is 0 Å². The van der Waals surface area contributed by atoms with Crippen molar-refractivity contribution in [1.82, 2.24) is 4.98 Å². The molecule has 2 aromatic rings. The smallest absolute Gasteiger partial charge is 0.310 e. The van der Waals surface area contributed by atoms with Gasteiger partial charge in [-0.1, -0.05) is 28.1 Å². The average molecular weight is 427 g/mol. The van der Waals surface area contributed by atoms with Crippen LogP contribution < -0.4 is 5.32 Å². The van der Waals surface area contributed by atoms with Crippen LogP contribution in [0.5, 0.6) is 0 Å². The lowest BCUT2D eigenvalue weighted by molar-refractivity contribution is -0.145. The number of nitrogens with one attached hydrogen (secondary N) is 1. The van der Waals surface area contributed by atoms with Crippen LogP contribution in [0.1, 0.15) is 17.5 Å². The molecule has 2 bridgehead atoms. The first kappa shape index (κ1) is 16.9.